The fourth-order valence-corrected chi connectivity index (χ4v) is 4.27. The number of hydrogen-bond donors (Lipinski definition) is 5. The standard InChI is InChI=1S/C21H19N5O2.C8H14O.C3H8.C2H6/c1-12(14-5-8-18(27)19(28)9-14)24-20-10-16-17(11-23-20)26-21(25-16)13-3-6-15(22-2)7-4-13;1-7-2-4-8(6-9)5-3-7;1-3-2;1-2/h3-11,22,27-28H,1H2,2H3,(H,23,24)(H,25,26);6-8H,2-5H2,1H3;3H2,1-2H3;1-2H3. The van der Waals surface area contributed by atoms with Gasteiger partial charge in [0.1, 0.15) is 17.9 Å². The highest BCUT2D eigenvalue weighted by molar-refractivity contribution is 5.83. The number of benzene rings is 2. The third kappa shape index (κ3) is 9.94. The van der Waals surface area contributed by atoms with Gasteiger partial charge in [-0.25, -0.2) is 9.97 Å². The van der Waals surface area contributed by atoms with Gasteiger partial charge in [0.2, 0.25) is 0 Å². The summed E-state index contributed by atoms with van der Waals surface area (Å²) >= 11 is 0. The van der Waals surface area contributed by atoms with Crippen molar-refractivity contribution in [3.8, 4) is 22.9 Å². The second-order valence-corrected chi connectivity index (χ2v) is 10.2. The Labute approximate surface area is 250 Å². The Morgan fingerprint density at radius 2 is 1.67 bits per heavy atom. The van der Waals surface area contributed by atoms with Gasteiger partial charge in [-0.1, -0.05) is 60.5 Å². The Kier molecular flexibility index (Phi) is 14.1. The molecule has 8 nitrogen and oxygen atoms in total. The fourth-order valence-electron chi connectivity index (χ4n) is 4.27. The van der Waals surface area contributed by atoms with Gasteiger partial charge < -0.3 is 30.6 Å². The summed E-state index contributed by atoms with van der Waals surface area (Å²) in [5, 5.41) is 25.3. The maximum atomic E-state index is 10.3. The first-order chi connectivity index (χ1) is 20.3. The number of anilines is 2. The van der Waals surface area contributed by atoms with E-state index in [1.165, 1.54) is 31.4 Å². The molecule has 0 saturated heterocycles. The van der Waals surface area contributed by atoms with Crippen molar-refractivity contribution in [1.82, 2.24) is 15.0 Å². The van der Waals surface area contributed by atoms with Crippen molar-refractivity contribution in [1.29, 1.82) is 0 Å². The molecule has 0 radical (unpaired) electrons. The molecule has 0 bridgehead atoms. The minimum Gasteiger partial charge on any atom is -0.504 e. The number of aldehydes is 1. The number of aromatic nitrogens is 3. The number of carbonyl (C=O) groups is 1. The average molecular weight is 574 g/mol. The minimum atomic E-state index is -0.204. The predicted molar refractivity (Wildman–Crippen MR) is 176 cm³/mol. The van der Waals surface area contributed by atoms with Crippen LogP contribution in [0.15, 0.2) is 61.3 Å². The number of imidazole rings is 1. The van der Waals surface area contributed by atoms with Gasteiger partial charge in [-0.15, -0.1) is 0 Å². The smallest absolute Gasteiger partial charge is 0.158 e. The third-order valence-corrected chi connectivity index (χ3v) is 6.67. The summed E-state index contributed by atoms with van der Waals surface area (Å²) in [6.07, 6.45) is 8.84. The highest BCUT2D eigenvalue weighted by atomic mass is 16.3. The zero-order valence-electron chi connectivity index (χ0n) is 25.9. The second-order valence-electron chi connectivity index (χ2n) is 10.2. The molecule has 4 aromatic rings. The first kappa shape index (κ1) is 33.9. The van der Waals surface area contributed by atoms with E-state index in [9.17, 15) is 15.0 Å². The number of rotatable bonds is 6. The van der Waals surface area contributed by atoms with E-state index in [0.29, 0.717) is 23.0 Å². The lowest BCUT2D eigenvalue weighted by Gasteiger charge is -2.21. The van der Waals surface area contributed by atoms with Crippen molar-refractivity contribution in [2.75, 3.05) is 17.7 Å². The van der Waals surface area contributed by atoms with Crippen molar-refractivity contribution in [3.05, 3.63) is 66.9 Å². The molecule has 0 atom stereocenters. The maximum absolute atomic E-state index is 10.3. The van der Waals surface area contributed by atoms with Crippen LogP contribution in [0.1, 0.15) is 72.3 Å². The summed E-state index contributed by atoms with van der Waals surface area (Å²) in [4.78, 5) is 22.6. The Balaban J connectivity index is 0.000000367. The molecular weight excluding hydrogens is 526 g/mol. The number of aromatic amines is 1. The summed E-state index contributed by atoms with van der Waals surface area (Å²) in [6, 6.07) is 14.3. The van der Waals surface area contributed by atoms with E-state index < -0.39 is 0 Å². The van der Waals surface area contributed by atoms with Crippen LogP contribution in [-0.4, -0.2) is 38.5 Å². The van der Waals surface area contributed by atoms with Crippen molar-refractivity contribution < 1.29 is 15.0 Å². The Morgan fingerprint density at radius 1 is 1.02 bits per heavy atom. The summed E-state index contributed by atoms with van der Waals surface area (Å²) < 4.78 is 0. The predicted octanol–water partition coefficient (Wildman–Crippen LogP) is 8.61. The van der Waals surface area contributed by atoms with Crippen molar-refractivity contribution in [3.63, 3.8) is 0 Å². The van der Waals surface area contributed by atoms with E-state index in [2.05, 4.69) is 52.9 Å². The number of carbonyl (C=O) groups excluding carboxylic acids is 1. The van der Waals surface area contributed by atoms with Gasteiger partial charge in [-0.3, -0.25) is 0 Å². The SMILES string of the molecule is C=C(Nc1cc2nc(-c3ccc(NC)cc3)[nH]c2cn1)c1ccc(O)c(O)c1.CC.CC1CCC(C=O)CC1.CCC. The lowest BCUT2D eigenvalue weighted by Crippen LogP contribution is -2.12. The average Bonchev–Trinajstić information content (AvgIpc) is 3.44. The fraction of sp³-hybridized carbons (Fsp3) is 0.382. The van der Waals surface area contributed by atoms with E-state index in [1.807, 2.05) is 51.2 Å². The molecule has 0 amide bonds. The number of phenolic OH excluding ortho intramolecular Hbond substituents is 2. The van der Waals surface area contributed by atoms with E-state index in [1.54, 1.807) is 12.3 Å². The molecule has 42 heavy (non-hydrogen) atoms. The van der Waals surface area contributed by atoms with Crippen LogP contribution in [0.25, 0.3) is 28.1 Å². The monoisotopic (exact) mass is 573 g/mol. The van der Waals surface area contributed by atoms with Gasteiger partial charge in [0.15, 0.2) is 11.5 Å². The molecule has 2 aromatic heterocycles. The van der Waals surface area contributed by atoms with Crippen LogP contribution in [0.2, 0.25) is 0 Å². The molecule has 2 heterocycles. The largest absolute Gasteiger partial charge is 0.504 e. The number of phenols is 2. The zero-order valence-corrected chi connectivity index (χ0v) is 25.9. The van der Waals surface area contributed by atoms with Crippen LogP contribution in [0.5, 0.6) is 11.5 Å². The number of hydrogen-bond acceptors (Lipinski definition) is 7. The molecule has 2 aromatic carbocycles. The van der Waals surface area contributed by atoms with Crippen molar-refractivity contribution in [2.24, 2.45) is 11.8 Å². The highest BCUT2D eigenvalue weighted by Crippen LogP contribution is 2.29. The summed E-state index contributed by atoms with van der Waals surface area (Å²) in [7, 11) is 1.88. The molecule has 5 rings (SSSR count). The number of pyridine rings is 1. The lowest BCUT2D eigenvalue weighted by atomic mass is 9.84. The Hall–Kier alpha value is -4.33. The normalized spacial score (nSPS) is 15.5. The number of fused-ring (bicyclic) bond motifs is 1. The number of H-pyrrole nitrogens is 1. The van der Waals surface area contributed by atoms with Gasteiger partial charge in [0.25, 0.3) is 0 Å². The third-order valence-electron chi connectivity index (χ3n) is 6.67. The summed E-state index contributed by atoms with van der Waals surface area (Å²) in [5.74, 6) is 2.21. The van der Waals surface area contributed by atoms with E-state index in [4.69, 9.17) is 0 Å². The quantitative estimate of drug-likeness (QED) is 0.116. The van der Waals surface area contributed by atoms with E-state index in [0.717, 1.165) is 53.2 Å². The van der Waals surface area contributed by atoms with Gasteiger partial charge in [-0.05, 0) is 61.2 Å². The minimum absolute atomic E-state index is 0.178. The molecular formula is C34H47N5O3. The van der Waals surface area contributed by atoms with Crippen LogP contribution >= 0.6 is 0 Å². The second kappa shape index (κ2) is 17.5. The van der Waals surface area contributed by atoms with Gasteiger partial charge in [-0.2, -0.15) is 0 Å². The molecule has 0 aliphatic heterocycles. The van der Waals surface area contributed by atoms with Crippen LogP contribution in [-0.2, 0) is 4.79 Å². The zero-order chi connectivity index (χ0) is 31.1. The first-order valence-electron chi connectivity index (χ1n) is 14.8. The molecule has 1 fully saturated rings. The van der Waals surface area contributed by atoms with Crippen molar-refractivity contribution in [2.45, 2.75) is 66.7 Å². The van der Waals surface area contributed by atoms with Gasteiger partial charge >= 0.3 is 0 Å². The molecule has 8 heteroatoms. The molecule has 1 saturated carbocycles. The van der Waals surface area contributed by atoms with Crippen LogP contribution in [0.3, 0.4) is 0 Å². The molecule has 1 aliphatic rings. The van der Waals surface area contributed by atoms with Crippen LogP contribution in [0.4, 0.5) is 11.5 Å². The van der Waals surface area contributed by atoms with E-state index >= 15 is 0 Å². The number of aromatic hydroxyl groups is 2. The Morgan fingerprint density at radius 3 is 2.24 bits per heavy atom. The van der Waals surface area contributed by atoms with Crippen LogP contribution < -0.4 is 10.6 Å². The number of nitrogens with one attached hydrogen (secondary N) is 3. The lowest BCUT2D eigenvalue weighted by molar-refractivity contribution is -0.112. The number of nitrogens with zero attached hydrogens (tertiary/aromatic N) is 2. The molecule has 1 aliphatic carbocycles. The highest BCUT2D eigenvalue weighted by Gasteiger charge is 2.16. The first-order valence-corrected chi connectivity index (χ1v) is 14.8. The van der Waals surface area contributed by atoms with Crippen molar-refractivity contribution >= 4 is 34.5 Å². The van der Waals surface area contributed by atoms with Gasteiger partial charge in [0.05, 0.1) is 17.2 Å². The summed E-state index contributed by atoms with van der Waals surface area (Å²) in [5.41, 5.74) is 4.79. The molecule has 5 N–H and O–H groups in total. The summed E-state index contributed by atoms with van der Waals surface area (Å²) in [6.45, 7) is 14.5. The molecule has 0 unspecified atom stereocenters. The molecule has 0 spiro atoms. The van der Waals surface area contributed by atoms with Crippen LogP contribution in [0, 0.1) is 11.8 Å². The van der Waals surface area contributed by atoms with E-state index in [-0.39, 0.29) is 11.5 Å². The van der Waals surface area contributed by atoms with Gasteiger partial charge in [0, 0.05) is 41.5 Å². The topological polar surface area (TPSA) is 123 Å². The molecule has 226 valence electrons. The Bertz CT molecular complexity index is 1390. The maximum Gasteiger partial charge on any atom is 0.158 e.